The maximum Gasteiger partial charge on any atom is 0.277 e. The van der Waals surface area contributed by atoms with Crippen LogP contribution >= 0.6 is 0 Å². The molecule has 1 aliphatic heterocycles. The van der Waals surface area contributed by atoms with Gasteiger partial charge in [0, 0.05) is 44.9 Å². The molecular formula is C23H27N5O6. The number of nitrogens with zero attached hydrogens (tertiary/aromatic N) is 4. The topological polar surface area (TPSA) is 139 Å². The number of nitro groups is 2. The third-order valence-electron chi connectivity index (χ3n) is 5.88. The average Bonchev–Trinajstić information content (AvgIpc) is 2.82. The molecule has 0 bridgehead atoms. The van der Waals surface area contributed by atoms with E-state index in [1.54, 1.807) is 0 Å². The van der Waals surface area contributed by atoms with E-state index in [9.17, 15) is 29.8 Å². The number of carbonyl (C=O) groups is 2. The molecule has 0 aliphatic carbocycles. The van der Waals surface area contributed by atoms with E-state index in [0.717, 1.165) is 47.9 Å². The maximum absolute atomic E-state index is 12.5. The van der Waals surface area contributed by atoms with Crippen LogP contribution in [0.4, 0.5) is 11.4 Å². The van der Waals surface area contributed by atoms with Crippen LogP contribution < -0.4 is 5.32 Å². The number of fused-ring (bicyclic) bond motifs is 1. The molecule has 0 fully saturated rings. The zero-order valence-corrected chi connectivity index (χ0v) is 19.2. The minimum atomic E-state index is -0.772. The highest BCUT2D eigenvalue weighted by Gasteiger charge is 2.22. The molecule has 0 atom stereocenters. The third-order valence-corrected chi connectivity index (χ3v) is 5.88. The van der Waals surface area contributed by atoms with Crippen molar-refractivity contribution in [3.8, 4) is 0 Å². The van der Waals surface area contributed by atoms with E-state index in [-0.39, 0.29) is 18.0 Å². The number of carbonyl (C=O) groups excluding carboxylic acids is 2. The van der Waals surface area contributed by atoms with Crippen LogP contribution in [0.25, 0.3) is 0 Å². The number of nitrogens with one attached hydrogen (secondary N) is 1. The van der Waals surface area contributed by atoms with Gasteiger partial charge in [0.25, 0.3) is 17.3 Å². The third kappa shape index (κ3) is 5.93. The molecule has 0 spiro atoms. The first-order valence-corrected chi connectivity index (χ1v) is 11.0. The summed E-state index contributed by atoms with van der Waals surface area (Å²) >= 11 is 0. The molecule has 11 nitrogen and oxygen atoms in total. The minimum Gasteiger partial charge on any atom is -0.348 e. The summed E-state index contributed by atoms with van der Waals surface area (Å²) < 4.78 is 0. The van der Waals surface area contributed by atoms with E-state index >= 15 is 0 Å². The van der Waals surface area contributed by atoms with Crippen molar-refractivity contribution >= 4 is 23.2 Å². The quantitative estimate of drug-likeness (QED) is 0.440. The molecule has 2 aromatic rings. The number of amides is 2. The van der Waals surface area contributed by atoms with Gasteiger partial charge in [0.1, 0.15) is 0 Å². The van der Waals surface area contributed by atoms with Crippen molar-refractivity contribution in [3.63, 3.8) is 0 Å². The fraction of sp³-hybridized carbons (Fsp3) is 0.391. The van der Waals surface area contributed by atoms with Gasteiger partial charge in [-0.15, -0.1) is 0 Å². The highest BCUT2D eigenvalue weighted by molar-refractivity contribution is 5.95. The van der Waals surface area contributed by atoms with Gasteiger partial charge in [0.2, 0.25) is 5.91 Å². The predicted molar refractivity (Wildman–Crippen MR) is 124 cm³/mol. The first-order chi connectivity index (χ1) is 16.2. The smallest absolute Gasteiger partial charge is 0.277 e. The van der Waals surface area contributed by atoms with Crippen LogP contribution in [0.3, 0.4) is 0 Å². The van der Waals surface area contributed by atoms with Crippen LogP contribution in [0.5, 0.6) is 0 Å². The van der Waals surface area contributed by atoms with Gasteiger partial charge in [0.05, 0.1) is 28.0 Å². The van der Waals surface area contributed by atoms with Crippen molar-refractivity contribution in [2.75, 3.05) is 26.2 Å². The van der Waals surface area contributed by atoms with Gasteiger partial charge in [-0.25, -0.2) is 0 Å². The lowest BCUT2D eigenvalue weighted by molar-refractivity contribution is -0.394. The largest absolute Gasteiger partial charge is 0.348 e. The van der Waals surface area contributed by atoms with E-state index in [1.165, 1.54) is 0 Å². The van der Waals surface area contributed by atoms with E-state index < -0.39 is 27.1 Å². The Labute approximate surface area is 196 Å². The van der Waals surface area contributed by atoms with Gasteiger partial charge in [-0.3, -0.25) is 34.7 Å². The summed E-state index contributed by atoms with van der Waals surface area (Å²) in [5.41, 5.74) is 1.94. The number of hydrogen-bond donors (Lipinski definition) is 1. The summed E-state index contributed by atoms with van der Waals surface area (Å²) in [6.07, 6.45) is 0.778. The predicted octanol–water partition coefficient (Wildman–Crippen LogP) is 2.66. The highest BCUT2D eigenvalue weighted by atomic mass is 16.6. The number of likely N-dealkylation sites (N-methyl/N-ethyl adjacent to an activating group) is 1. The molecular weight excluding hydrogens is 442 g/mol. The Morgan fingerprint density at radius 1 is 1.00 bits per heavy atom. The second-order valence-electron chi connectivity index (χ2n) is 8.06. The van der Waals surface area contributed by atoms with Crippen LogP contribution in [-0.4, -0.2) is 57.6 Å². The summed E-state index contributed by atoms with van der Waals surface area (Å²) in [6.45, 7) is 7.30. The molecule has 2 aromatic carbocycles. The Kier molecular flexibility index (Phi) is 7.90. The van der Waals surface area contributed by atoms with E-state index in [1.807, 2.05) is 36.9 Å². The van der Waals surface area contributed by atoms with Gasteiger partial charge < -0.3 is 10.2 Å². The minimum absolute atomic E-state index is 0.120. The van der Waals surface area contributed by atoms with Crippen molar-refractivity contribution in [2.24, 2.45) is 0 Å². The molecule has 3 rings (SSSR count). The molecule has 0 aromatic heterocycles. The fourth-order valence-corrected chi connectivity index (χ4v) is 4.00. The SMILES string of the molecule is CCN(CC)C(=O)CN1CCc2cc(CNC(=O)c3cc([N+](=O)[O-])cc([N+](=O)[O-])c3)ccc2C1. The van der Waals surface area contributed by atoms with Crippen LogP contribution in [0.15, 0.2) is 36.4 Å². The zero-order chi connectivity index (χ0) is 24.8. The molecule has 1 heterocycles. The average molecular weight is 469 g/mol. The lowest BCUT2D eigenvalue weighted by Crippen LogP contribution is -2.42. The first kappa shape index (κ1) is 24.8. The highest BCUT2D eigenvalue weighted by Crippen LogP contribution is 2.23. The number of benzene rings is 2. The molecule has 2 amide bonds. The van der Waals surface area contributed by atoms with Gasteiger partial charge in [0.15, 0.2) is 0 Å². The van der Waals surface area contributed by atoms with Crippen LogP contribution in [-0.2, 0) is 24.3 Å². The summed E-state index contributed by atoms with van der Waals surface area (Å²) in [4.78, 5) is 49.4. The standard InChI is InChI=1S/C23H27N5O6/c1-3-26(4-2)22(29)15-25-8-7-17-9-16(5-6-18(17)14-25)13-24-23(30)19-10-20(27(31)32)12-21(11-19)28(33)34/h5-6,9-12H,3-4,7-8,13-15H2,1-2H3,(H,24,30). The molecule has 0 unspecified atom stereocenters. The Hall–Kier alpha value is -3.86. The van der Waals surface area contributed by atoms with Gasteiger partial charge in [-0.05, 0) is 37.0 Å². The Morgan fingerprint density at radius 2 is 1.65 bits per heavy atom. The Morgan fingerprint density at radius 3 is 2.24 bits per heavy atom. The van der Waals surface area contributed by atoms with Gasteiger partial charge in [-0.2, -0.15) is 0 Å². The molecule has 0 saturated carbocycles. The summed E-state index contributed by atoms with van der Waals surface area (Å²) in [6, 6.07) is 8.70. The Balaban J connectivity index is 1.64. The molecule has 0 saturated heterocycles. The van der Waals surface area contributed by atoms with Crippen molar-refractivity contribution < 1.29 is 19.4 Å². The van der Waals surface area contributed by atoms with Crippen molar-refractivity contribution in [2.45, 2.75) is 33.4 Å². The molecule has 180 valence electrons. The van der Waals surface area contributed by atoms with Crippen molar-refractivity contribution in [3.05, 3.63) is 78.9 Å². The molecule has 1 aliphatic rings. The summed E-state index contributed by atoms with van der Waals surface area (Å²) in [7, 11) is 0. The summed E-state index contributed by atoms with van der Waals surface area (Å²) in [5.74, 6) is -0.514. The summed E-state index contributed by atoms with van der Waals surface area (Å²) in [5, 5.41) is 24.7. The van der Waals surface area contributed by atoms with Crippen molar-refractivity contribution in [1.82, 2.24) is 15.1 Å². The van der Waals surface area contributed by atoms with Gasteiger partial charge >= 0.3 is 0 Å². The monoisotopic (exact) mass is 469 g/mol. The Bertz CT molecular complexity index is 1080. The second kappa shape index (κ2) is 10.8. The first-order valence-electron chi connectivity index (χ1n) is 11.0. The van der Waals surface area contributed by atoms with Crippen LogP contribution in [0.1, 0.15) is 40.9 Å². The zero-order valence-electron chi connectivity index (χ0n) is 19.2. The van der Waals surface area contributed by atoms with Crippen LogP contribution in [0, 0.1) is 20.2 Å². The fourth-order valence-electron chi connectivity index (χ4n) is 4.00. The molecule has 1 N–H and O–H groups in total. The number of non-ortho nitro benzene ring substituents is 2. The molecule has 0 radical (unpaired) electrons. The second-order valence-corrected chi connectivity index (χ2v) is 8.06. The van der Waals surface area contributed by atoms with E-state index in [0.29, 0.717) is 26.2 Å². The molecule has 34 heavy (non-hydrogen) atoms. The maximum atomic E-state index is 12.5. The van der Waals surface area contributed by atoms with E-state index in [4.69, 9.17) is 0 Å². The van der Waals surface area contributed by atoms with Gasteiger partial charge in [-0.1, -0.05) is 18.2 Å². The molecule has 11 heteroatoms. The van der Waals surface area contributed by atoms with Crippen LogP contribution in [0.2, 0.25) is 0 Å². The lowest BCUT2D eigenvalue weighted by atomic mass is 9.97. The van der Waals surface area contributed by atoms with E-state index in [2.05, 4.69) is 10.2 Å². The number of hydrogen-bond acceptors (Lipinski definition) is 7. The number of nitro benzene ring substituents is 2. The van der Waals surface area contributed by atoms with Crippen molar-refractivity contribution in [1.29, 1.82) is 0 Å². The normalized spacial score (nSPS) is 13.1. The lowest BCUT2D eigenvalue weighted by Gasteiger charge is -2.30. The number of rotatable bonds is 9.